The molecule has 6 heteroatoms. The molecule has 0 aliphatic carbocycles. The first-order chi connectivity index (χ1) is 11.6. The van der Waals surface area contributed by atoms with Crippen LogP contribution in [0.2, 0.25) is 0 Å². The molecule has 3 aromatic rings. The van der Waals surface area contributed by atoms with Crippen LogP contribution in [0.15, 0.2) is 76.8 Å². The van der Waals surface area contributed by atoms with E-state index >= 15 is 0 Å². The number of benzene rings is 2. The summed E-state index contributed by atoms with van der Waals surface area (Å²) in [4.78, 5) is 9.99. The predicted octanol–water partition coefficient (Wildman–Crippen LogP) is 3.16. The second kappa shape index (κ2) is 5.72. The monoisotopic (exact) mass is 338 g/mol. The minimum Gasteiger partial charge on any atom is -0.375 e. The zero-order chi connectivity index (χ0) is 16.6. The molecule has 0 N–H and O–H groups in total. The fourth-order valence-corrected chi connectivity index (χ4v) is 4.03. The van der Waals surface area contributed by atoms with Crippen LogP contribution < -0.4 is 0 Å². The summed E-state index contributed by atoms with van der Waals surface area (Å²) in [6.45, 7) is 0. The Bertz CT molecular complexity index is 1030. The van der Waals surface area contributed by atoms with E-state index < -0.39 is 15.3 Å². The Labute approximate surface area is 139 Å². The van der Waals surface area contributed by atoms with Crippen molar-refractivity contribution >= 4 is 26.5 Å². The van der Waals surface area contributed by atoms with Crippen LogP contribution in [0.1, 0.15) is 12.1 Å². The molecule has 0 saturated heterocycles. The third kappa shape index (κ3) is 2.55. The highest BCUT2D eigenvalue weighted by atomic mass is 32.2. The Hall–Kier alpha value is -2.73. The third-order valence-corrected chi connectivity index (χ3v) is 5.83. The standard InChI is InChI=1S/C18H14N2O3S/c21-24(22,14-7-2-1-3-8-14)18-12-17(20-23-18)16-11-10-13-6-4-5-9-15(13)19-16/h1-11,18H,12H2. The second-order valence-corrected chi connectivity index (χ2v) is 7.61. The molecular weight excluding hydrogens is 324 g/mol. The van der Waals surface area contributed by atoms with Gasteiger partial charge >= 0.3 is 0 Å². The van der Waals surface area contributed by atoms with Gasteiger partial charge in [0.2, 0.25) is 15.3 Å². The fraction of sp³-hybridized carbons (Fsp3) is 0.111. The van der Waals surface area contributed by atoms with E-state index in [9.17, 15) is 8.42 Å². The zero-order valence-electron chi connectivity index (χ0n) is 12.7. The topological polar surface area (TPSA) is 68.6 Å². The van der Waals surface area contributed by atoms with Crippen LogP contribution in [0, 0.1) is 0 Å². The van der Waals surface area contributed by atoms with Gasteiger partial charge < -0.3 is 4.84 Å². The summed E-state index contributed by atoms with van der Waals surface area (Å²) >= 11 is 0. The van der Waals surface area contributed by atoms with Gasteiger partial charge in [0.05, 0.1) is 22.5 Å². The zero-order valence-corrected chi connectivity index (χ0v) is 13.5. The van der Waals surface area contributed by atoms with Gasteiger partial charge in [-0.25, -0.2) is 13.4 Å². The summed E-state index contributed by atoms with van der Waals surface area (Å²) in [6.07, 6.45) is 0.183. The fourth-order valence-electron chi connectivity index (χ4n) is 2.66. The molecule has 5 nitrogen and oxygen atoms in total. The van der Waals surface area contributed by atoms with E-state index in [0.717, 1.165) is 10.9 Å². The Morgan fingerprint density at radius 2 is 1.67 bits per heavy atom. The molecule has 1 unspecified atom stereocenters. The summed E-state index contributed by atoms with van der Waals surface area (Å²) in [7, 11) is -3.59. The van der Waals surface area contributed by atoms with Crippen molar-refractivity contribution in [1.82, 2.24) is 4.98 Å². The maximum Gasteiger partial charge on any atom is 0.237 e. The summed E-state index contributed by atoms with van der Waals surface area (Å²) in [5.41, 5.74) is 1.01. The lowest BCUT2D eigenvalue weighted by molar-refractivity contribution is 0.140. The van der Waals surface area contributed by atoms with Crippen molar-refractivity contribution in [3.8, 4) is 0 Å². The quantitative estimate of drug-likeness (QED) is 0.735. The van der Waals surface area contributed by atoms with Gasteiger partial charge in [-0.1, -0.05) is 47.6 Å². The first-order valence-electron chi connectivity index (χ1n) is 7.52. The van der Waals surface area contributed by atoms with Gasteiger partial charge in [-0.2, -0.15) is 0 Å². The van der Waals surface area contributed by atoms with Gasteiger partial charge in [0.1, 0.15) is 5.71 Å². The summed E-state index contributed by atoms with van der Waals surface area (Å²) in [5, 5.41) is 4.98. The van der Waals surface area contributed by atoms with E-state index in [1.807, 2.05) is 36.4 Å². The van der Waals surface area contributed by atoms with Crippen molar-refractivity contribution in [2.24, 2.45) is 5.16 Å². The number of oxime groups is 1. The third-order valence-electron chi connectivity index (χ3n) is 3.95. The lowest BCUT2D eigenvalue weighted by Crippen LogP contribution is -2.21. The largest absolute Gasteiger partial charge is 0.375 e. The average Bonchev–Trinajstić information content (AvgIpc) is 3.13. The van der Waals surface area contributed by atoms with E-state index in [1.165, 1.54) is 0 Å². The van der Waals surface area contributed by atoms with E-state index in [4.69, 9.17) is 4.84 Å². The lowest BCUT2D eigenvalue weighted by Gasteiger charge is -2.09. The predicted molar refractivity (Wildman–Crippen MR) is 91.4 cm³/mol. The minimum atomic E-state index is -3.59. The Balaban J connectivity index is 1.61. The van der Waals surface area contributed by atoms with Crippen molar-refractivity contribution in [3.05, 3.63) is 72.4 Å². The van der Waals surface area contributed by atoms with Crippen LogP contribution in [0.4, 0.5) is 0 Å². The van der Waals surface area contributed by atoms with Gasteiger partial charge in [0.15, 0.2) is 0 Å². The maximum atomic E-state index is 12.6. The van der Waals surface area contributed by atoms with E-state index in [1.54, 1.807) is 30.3 Å². The molecule has 2 heterocycles. The molecule has 0 radical (unpaired) electrons. The van der Waals surface area contributed by atoms with Crippen LogP contribution in [-0.4, -0.2) is 24.5 Å². The van der Waals surface area contributed by atoms with Gasteiger partial charge in [0, 0.05) is 5.39 Å². The summed E-state index contributed by atoms with van der Waals surface area (Å²) < 4.78 is 25.2. The van der Waals surface area contributed by atoms with Crippen molar-refractivity contribution < 1.29 is 13.3 Å². The van der Waals surface area contributed by atoms with Crippen LogP contribution in [0.3, 0.4) is 0 Å². The molecule has 24 heavy (non-hydrogen) atoms. The first kappa shape index (κ1) is 14.8. The molecule has 0 bridgehead atoms. The van der Waals surface area contributed by atoms with Crippen molar-refractivity contribution in [2.45, 2.75) is 16.8 Å². The van der Waals surface area contributed by atoms with E-state index in [0.29, 0.717) is 11.4 Å². The van der Waals surface area contributed by atoms with Crippen molar-refractivity contribution in [2.75, 3.05) is 0 Å². The number of fused-ring (bicyclic) bond motifs is 1. The SMILES string of the molecule is O=S(=O)(c1ccccc1)C1CC(c2ccc3ccccc3n2)=NO1. The molecule has 1 aliphatic rings. The number of hydrogen-bond acceptors (Lipinski definition) is 5. The number of para-hydroxylation sites is 1. The first-order valence-corrected chi connectivity index (χ1v) is 9.07. The molecule has 4 rings (SSSR count). The molecule has 1 atom stereocenters. The van der Waals surface area contributed by atoms with Crippen LogP contribution in [0.5, 0.6) is 0 Å². The number of aromatic nitrogens is 1. The molecule has 2 aromatic carbocycles. The molecule has 0 amide bonds. The normalized spacial score (nSPS) is 17.5. The Morgan fingerprint density at radius 1 is 0.917 bits per heavy atom. The molecule has 1 aromatic heterocycles. The smallest absolute Gasteiger partial charge is 0.237 e. The Kier molecular flexibility index (Phi) is 3.54. The summed E-state index contributed by atoms with van der Waals surface area (Å²) in [6, 6.07) is 19.8. The summed E-state index contributed by atoms with van der Waals surface area (Å²) in [5.74, 6) is 0. The average molecular weight is 338 g/mol. The molecule has 0 saturated carbocycles. The number of nitrogens with zero attached hydrogens (tertiary/aromatic N) is 2. The Morgan fingerprint density at radius 3 is 2.50 bits per heavy atom. The number of hydrogen-bond donors (Lipinski definition) is 0. The van der Waals surface area contributed by atoms with Crippen LogP contribution >= 0.6 is 0 Å². The molecule has 120 valence electrons. The molecule has 0 fully saturated rings. The number of rotatable bonds is 3. The van der Waals surface area contributed by atoms with Gasteiger partial charge in [-0.05, 0) is 24.3 Å². The second-order valence-electron chi connectivity index (χ2n) is 5.52. The number of pyridine rings is 1. The highest BCUT2D eigenvalue weighted by Gasteiger charge is 2.35. The van der Waals surface area contributed by atoms with E-state index in [-0.39, 0.29) is 11.3 Å². The molecule has 0 spiro atoms. The highest BCUT2D eigenvalue weighted by Crippen LogP contribution is 2.26. The van der Waals surface area contributed by atoms with Crippen LogP contribution in [0.25, 0.3) is 10.9 Å². The van der Waals surface area contributed by atoms with Crippen molar-refractivity contribution in [3.63, 3.8) is 0 Å². The molecular formula is C18H14N2O3S. The minimum absolute atomic E-state index is 0.183. The van der Waals surface area contributed by atoms with Gasteiger partial charge in [-0.15, -0.1) is 0 Å². The lowest BCUT2D eigenvalue weighted by atomic mass is 10.1. The van der Waals surface area contributed by atoms with Gasteiger partial charge in [0.25, 0.3) is 0 Å². The van der Waals surface area contributed by atoms with Crippen LogP contribution in [-0.2, 0) is 14.7 Å². The van der Waals surface area contributed by atoms with Gasteiger partial charge in [-0.3, -0.25) is 0 Å². The molecule has 1 aliphatic heterocycles. The van der Waals surface area contributed by atoms with Crippen molar-refractivity contribution in [1.29, 1.82) is 0 Å². The maximum absolute atomic E-state index is 12.6. The number of sulfone groups is 1. The van der Waals surface area contributed by atoms with E-state index in [2.05, 4.69) is 10.1 Å². The highest BCUT2D eigenvalue weighted by molar-refractivity contribution is 7.92.